The van der Waals surface area contributed by atoms with Crippen LogP contribution in [0, 0.1) is 0 Å². The number of nitrogens with zero attached hydrogens (tertiary/aromatic N) is 1. The van der Waals surface area contributed by atoms with Crippen LogP contribution in [-0.2, 0) is 27.2 Å². The van der Waals surface area contributed by atoms with Crippen LogP contribution in [0.25, 0.3) is 10.9 Å². The van der Waals surface area contributed by atoms with Crippen molar-refractivity contribution >= 4 is 22.8 Å². The number of H-pyrrole nitrogens is 1. The van der Waals surface area contributed by atoms with Gasteiger partial charge in [-0.3, -0.25) is 4.79 Å². The maximum absolute atomic E-state index is 13.2. The van der Waals surface area contributed by atoms with Crippen LogP contribution < -0.4 is 5.32 Å². The van der Waals surface area contributed by atoms with Crippen LogP contribution in [0.15, 0.2) is 60.8 Å². The maximum atomic E-state index is 13.2. The average molecular weight is 391 g/mol. The number of piperazine rings is 1. The normalized spacial score (nSPS) is 18.0. The van der Waals surface area contributed by atoms with Gasteiger partial charge in [0, 0.05) is 36.6 Å². The quantitative estimate of drug-likeness (QED) is 0.633. The number of amides is 1. The van der Waals surface area contributed by atoms with Crippen LogP contribution in [0.1, 0.15) is 11.1 Å². The van der Waals surface area contributed by atoms with Gasteiger partial charge in [0.15, 0.2) is 0 Å². The molecule has 6 heteroatoms. The van der Waals surface area contributed by atoms with Gasteiger partial charge in [-0.2, -0.15) is 0 Å². The fourth-order valence-electron chi connectivity index (χ4n) is 4.04. The van der Waals surface area contributed by atoms with Gasteiger partial charge in [-0.1, -0.05) is 48.5 Å². The molecule has 0 radical (unpaired) electrons. The highest BCUT2D eigenvalue weighted by Crippen LogP contribution is 2.22. The molecule has 1 aliphatic heterocycles. The predicted octanol–water partition coefficient (Wildman–Crippen LogP) is 2.30. The molecule has 2 aromatic carbocycles. The van der Waals surface area contributed by atoms with Crippen molar-refractivity contribution in [2.75, 3.05) is 20.2 Å². The number of fused-ring (bicyclic) bond motifs is 1. The maximum Gasteiger partial charge on any atom is 0.328 e. The van der Waals surface area contributed by atoms with E-state index in [0.29, 0.717) is 25.9 Å². The number of methoxy groups -OCH3 is 1. The molecule has 1 saturated heterocycles. The molecule has 0 unspecified atom stereocenters. The van der Waals surface area contributed by atoms with Crippen LogP contribution >= 0.6 is 0 Å². The van der Waals surface area contributed by atoms with Gasteiger partial charge in [-0.05, 0) is 23.6 Å². The summed E-state index contributed by atoms with van der Waals surface area (Å²) in [5, 5.41) is 4.36. The van der Waals surface area contributed by atoms with Gasteiger partial charge in [-0.25, -0.2) is 4.79 Å². The average Bonchev–Trinajstić information content (AvgIpc) is 3.17. The molecule has 2 heterocycles. The summed E-state index contributed by atoms with van der Waals surface area (Å²) >= 11 is 0. The molecule has 0 spiro atoms. The van der Waals surface area contributed by atoms with E-state index in [1.54, 1.807) is 4.90 Å². The first-order valence-electron chi connectivity index (χ1n) is 9.88. The second kappa shape index (κ2) is 8.49. The van der Waals surface area contributed by atoms with Gasteiger partial charge in [0.2, 0.25) is 5.91 Å². The minimum absolute atomic E-state index is 0.0599. The van der Waals surface area contributed by atoms with Gasteiger partial charge in [0.05, 0.1) is 13.2 Å². The van der Waals surface area contributed by atoms with Crippen molar-refractivity contribution < 1.29 is 14.3 Å². The number of aromatic amines is 1. The second-order valence-corrected chi connectivity index (χ2v) is 7.33. The molecule has 3 aromatic rings. The Hall–Kier alpha value is -3.12. The molecule has 150 valence electrons. The minimum Gasteiger partial charge on any atom is -0.467 e. The summed E-state index contributed by atoms with van der Waals surface area (Å²) in [5.74, 6) is -0.445. The monoisotopic (exact) mass is 391 g/mol. The van der Waals surface area contributed by atoms with Gasteiger partial charge < -0.3 is 19.9 Å². The van der Waals surface area contributed by atoms with E-state index in [-0.39, 0.29) is 17.9 Å². The van der Waals surface area contributed by atoms with Crippen molar-refractivity contribution in [1.29, 1.82) is 0 Å². The number of carbonyl (C=O) groups excluding carboxylic acids is 2. The molecule has 0 saturated carbocycles. The van der Waals surface area contributed by atoms with E-state index in [0.717, 1.165) is 22.0 Å². The van der Waals surface area contributed by atoms with Crippen molar-refractivity contribution in [3.63, 3.8) is 0 Å². The Morgan fingerprint density at radius 2 is 1.93 bits per heavy atom. The smallest absolute Gasteiger partial charge is 0.328 e. The SMILES string of the molecule is COC(=O)[C@H](Cc1c[nH]c2ccccc12)N1CCN[C@@H](Cc2ccccc2)C1=O. The number of ether oxygens (including phenoxy) is 1. The lowest BCUT2D eigenvalue weighted by molar-refractivity contribution is -0.154. The van der Waals surface area contributed by atoms with Crippen molar-refractivity contribution in [1.82, 2.24) is 15.2 Å². The van der Waals surface area contributed by atoms with Gasteiger partial charge in [0.25, 0.3) is 0 Å². The molecule has 6 nitrogen and oxygen atoms in total. The van der Waals surface area contributed by atoms with Crippen LogP contribution in [0.3, 0.4) is 0 Å². The minimum atomic E-state index is -0.646. The zero-order chi connectivity index (χ0) is 20.2. The molecular formula is C23H25N3O3. The van der Waals surface area contributed by atoms with Gasteiger partial charge in [0.1, 0.15) is 6.04 Å². The van der Waals surface area contributed by atoms with Crippen LogP contribution in [0.5, 0.6) is 0 Å². The first-order valence-corrected chi connectivity index (χ1v) is 9.88. The second-order valence-electron chi connectivity index (χ2n) is 7.33. The molecule has 2 atom stereocenters. The van der Waals surface area contributed by atoms with E-state index < -0.39 is 6.04 Å². The van der Waals surface area contributed by atoms with Gasteiger partial charge >= 0.3 is 5.97 Å². The molecule has 1 fully saturated rings. The number of carbonyl (C=O) groups is 2. The van der Waals surface area contributed by atoms with Crippen LogP contribution in [0.2, 0.25) is 0 Å². The number of rotatable bonds is 6. The van der Waals surface area contributed by atoms with Crippen molar-refractivity contribution in [2.45, 2.75) is 24.9 Å². The number of aromatic nitrogens is 1. The fraction of sp³-hybridized carbons (Fsp3) is 0.304. The topological polar surface area (TPSA) is 74.4 Å². The predicted molar refractivity (Wildman–Crippen MR) is 111 cm³/mol. The lowest BCUT2D eigenvalue weighted by Crippen LogP contribution is -2.60. The summed E-state index contributed by atoms with van der Waals surface area (Å²) in [4.78, 5) is 30.8. The van der Waals surface area contributed by atoms with Crippen LogP contribution in [0.4, 0.5) is 0 Å². The number of benzene rings is 2. The molecule has 0 aliphatic carbocycles. The Morgan fingerprint density at radius 3 is 2.72 bits per heavy atom. The van der Waals surface area contributed by atoms with E-state index >= 15 is 0 Å². The largest absolute Gasteiger partial charge is 0.467 e. The number of hydrogen-bond acceptors (Lipinski definition) is 4. The highest BCUT2D eigenvalue weighted by Gasteiger charge is 2.37. The highest BCUT2D eigenvalue weighted by molar-refractivity contribution is 5.90. The Bertz CT molecular complexity index is 999. The van der Waals surface area contributed by atoms with Crippen molar-refractivity contribution in [3.05, 3.63) is 71.9 Å². The van der Waals surface area contributed by atoms with E-state index in [1.165, 1.54) is 7.11 Å². The lowest BCUT2D eigenvalue weighted by Gasteiger charge is -2.37. The van der Waals surface area contributed by atoms with Crippen LogP contribution in [-0.4, -0.2) is 54.0 Å². The third-order valence-corrected chi connectivity index (χ3v) is 5.54. The number of nitrogens with one attached hydrogen (secondary N) is 2. The highest BCUT2D eigenvalue weighted by atomic mass is 16.5. The molecule has 1 aromatic heterocycles. The summed E-state index contributed by atoms with van der Waals surface area (Å²) in [6, 6.07) is 16.9. The molecule has 4 rings (SSSR count). The van der Waals surface area contributed by atoms with E-state index in [1.807, 2.05) is 60.8 Å². The molecular weight excluding hydrogens is 366 g/mol. The van der Waals surface area contributed by atoms with Gasteiger partial charge in [-0.15, -0.1) is 0 Å². The summed E-state index contributed by atoms with van der Waals surface area (Å²) in [7, 11) is 1.37. The van der Waals surface area contributed by atoms with E-state index in [2.05, 4.69) is 10.3 Å². The van der Waals surface area contributed by atoms with Crippen molar-refractivity contribution in [3.8, 4) is 0 Å². The zero-order valence-corrected chi connectivity index (χ0v) is 16.4. The number of para-hydroxylation sites is 1. The number of esters is 1. The Balaban J connectivity index is 1.57. The lowest BCUT2D eigenvalue weighted by atomic mass is 9.99. The third kappa shape index (κ3) is 4.03. The molecule has 2 N–H and O–H groups in total. The Morgan fingerprint density at radius 1 is 1.17 bits per heavy atom. The third-order valence-electron chi connectivity index (χ3n) is 5.54. The van der Waals surface area contributed by atoms with E-state index in [4.69, 9.17) is 4.74 Å². The standard InChI is InChI=1S/C23H25N3O3/c1-29-23(28)21(14-17-15-25-19-10-6-5-9-18(17)19)26-12-11-24-20(22(26)27)13-16-7-3-2-4-8-16/h2-10,15,20-21,24-25H,11-14H2,1H3/t20-,21-/m0/s1. The van der Waals surface area contributed by atoms with Crippen molar-refractivity contribution in [2.24, 2.45) is 0 Å². The molecule has 0 bridgehead atoms. The first kappa shape index (κ1) is 19.2. The summed E-state index contributed by atoms with van der Waals surface area (Å²) in [6.45, 7) is 1.12. The Kier molecular flexibility index (Phi) is 5.62. The fourth-order valence-corrected chi connectivity index (χ4v) is 4.04. The van der Waals surface area contributed by atoms with E-state index in [9.17, 15) is 9.59 Å². The molecule has 1 amide bonds. The Labute approximate surface area is 169 Å². The molecule has 29 heavy (non-hydrogen) atoms. The first-order chi connectivity index (χ1) is 14.2. The summed E-state index contributed by atoms with van der Waals surface area (Å²) in [5.41, 5.74) is 3.10. The molecule has 1 aliphatic rings. The zero-order valence-electron chi connectivity index (χ0n) is 16.4. The summed E-state index contributed by atoms with van der Waals surface area (Å²) in [6.07, 6.45) is 2.92. The number of hydrogen-bond donors (Lipinski definition) is 2. The summed E-state index contributed by atoms with van der Waals surface area (Å²) < 4.78 is 5.06.